The fourth-order valence-electron chi connectivity index (χ4n) is 5.38. The first-order valence-corrected chi connectivity index (χ1v) is 12.7. The number of carboxylic acid groups (broad SMARTS) is 1. The summed E-state index contributed by atoms with van der Waals surface area (Å²) in [6.07, 6.45) is 0.772. The monoisotopic (exact) mass is 558 g/mol. The van der Waals surface area contributed by atoms with Gasteiger partial charge in [-0.3, -0.25) is 0 Å². The summed E-state index contributed by atoms with van der Waals surface area (Å²) >= 11 is 0. The average Bonchev–Trinajstić information content (AvgIpc) is 3.56. The number of para-hydroxylation sites is 1. The number of fused-ring (bicyclic) bond motifs is 2. The first-order valence-electron chi connectivity index (χ1n) is 12.7. The molecule has 0 spiro atoms. The number of rotatable bonds is 10. The Kier molecular flexibility index (Phi) is 9.30. The number of esters is 1. The zero-order valence-corrected chi connectivity index (χ0v) is 22.0. The van der Waals surface area contributed by atoms with Crippen LogP contribution in [0.2, 0.25) is 0 Å². The number of benzene rings is 3. The third kappa shape index (κ3) is 5.26. The fraction of sp³-hybridized carbons (Fsp3) is 0.333. The topological polar surface area (TPSA) is 110 Å². The number of carbonyl (C=O) groups is 2. The van der Waals surface area contributed by atoms with Gasteiger partial charge in [-0.15, -0.1) is 0 Å². The van der Waals surface area contributed by atoms with Crippen LogP contribution in [-0.2, 0) is 25.5 Å². The molecule has 3 aromatic carbocycles. The maximum absolute atomic E-state index is 13.1. The van der Waals surface area contributed by atoms with E-state index >= 15 is 0 Å². The van der Waals surface area contributed by atoms with Crippen molar-refractivity contribution < 1.29 is 43.1 Å². The van der Waals surface area contributed by atoms with Crippen LogP contribution in [0.25, 0.3) is 11.1 Å². The Morgan fingerprint density at radius 2 is 1.80 bits per heavy atom. The standard InChI is InChI=1S/C30H30O9.Na.H/c1-4-13-36-24-12-10-19-21(27(24)20-7-5-6-8-22(20)34-2)15-30(29(32)33,39-16-26(31)35-3)28(19)18-9-11-23-25(14-18)38-17-37-23;;/h5-12,14,28H,4,13,15-17H2,1-3H3,(H,32,33);;. The Bertz CT molecular complexity index is 1410. The molecule has 9 nitrogen and oxygen atoms in total. The molecule has 1 heterocycles. The molecule has 1 aliphatic heterocycles. The zero-order chi connectivity index (χ0) is 27.6. The van der Waals surface area contributed by atoms with Gasteiger partial charge in [-0.25, -0.2) is 9.59 Å². The molecule has 2 atom stereocenters. The van der Waals surface area contributed by atoms with Crippen LogP contribution in [0.4, 0.5) is 0 Å². The van der Waals surface area contributed by atoms with Crippen molar-refractivity contribution in [3.8, 4) is 34.1 Å². The van der Waals surface area contributed by atoms with Crippen molar-refractivity contribution in [2.75, 3.05) is 34.2 Å². The first-order chi connectivity index (χ1) is 18.9. The van der Waals surface area contributed by atoms with Crippen molar-refractivity contribution in [2.24, 2.45) is 0 Å². The summed E-state index contributed by atoms with van der Waals surface area (Å²) in [6, 6.07) is 16.6. The van der Waals surface area contributed by atoms with Crippen molar-refractivity contribution in [1.29, 1.82) is 0 Å². The molecule has 1 aliphatic carbocycles. The van der Waals surface area contributed by atoms with Crippen molar-refractivity contribution in [3.05, 3.63) is 71.3 Å². The van der Waals surface area contributed by atoms with Crippen LogP contribution in [0.15, 0.2) is 54.6 Å². The van der Waals surface area contributed by atoms with Gasteiger partial charge in [0.15, 0.2) is 17.1 Å². The Labute approximate surface area is 254 Å². The molecule has 5 rings (SSSR count). The molecule has 0 radical (unpaired) electrons. The Hall–Kier alpha value is -3.24. The molecule has 3 aromatic rings. The van der Waals surface area contributed by atoms with E-state index in [0.29, 0.717) is 35.2 Å². The molecular formula is C30H31NaO9. The van der Waals surface area contributed by atoms with Gasteiger partial charge in [0, 0.05) is 23.5 Å². The predicted molar refractivity (Wildman–Crippen MR) is 148 cm³/mol. The number of carboxylic acids is 1. The molecule has 2 aliphatic rings. The van der Waals surface area contributed by atoms with Crippen molar-refractivity contribution in [1.82, 2.24) is 0 Å². The van der Waals surface area contributed by atoms with Gasteiger partial charge in [0.2, 0.25) is 6.79 Å². The van der Waals surface area contributed by atoms with E-state index < -0.39 is 30.1 Å². The van der Waals surface area contributed by atoms with Gasteiger partial charge < -0.3 is 33.5 Å². The molecule has 2 unspecified atom stereocenters. The zero-order valence-electron chi connectivity index (χ0n) is 22.0. The van der Waals surface area contributed by atoms with Crippen LogP contribution in [0.5, 0.6) is 23.0 Å². The molecule has 0 saturated carbocycles. The molecule has 0 bridgehead atoms. The second kappa shape index (κ2) is 12.5. The van der Waals surface area contributed by atoms with E-state index in [-0.39, 0.29) is 42.8 Å². The second-order valence-electron chi connectivity index (χ2n) is 9.34. The van der Waals surface area contributed by atoms with Crippen molar-refractivity contribution >= 4 is 41.5 Å². The summed E-state index contributed by atoms with van der Waals surface area (Å²) in [7, 11) is 2.82. The van der Waals surface area contributed by atoms with E-state index in [1.807, 2.05) is 43.3 Å². The summed E-state index contributed by atoms with van der Waals surface area (Å²) in [5, 5.41) is 10.7. The number of aliphatic carboxylic acids is 1. The van der Waals surface area contributed by atoms with Gasteiger partial charge in [0.05, 0.1) is 20.8 Å². The summed E-state index contributed by atoms with van der Waals surface area (Å²) in [5.41, 5.74) is 1.81. The Morgan fingerprint density at radius 1 is 1.02 bits per heavy atom. The normalized spacial score (nSPS) is 18.4. The number of ether oxygens (including phenoxy) is 6. The van der Waals surface area contributed by atoms with E-state index in [2.05, 4.69) is 0 Å². The van der Waals surface area contributed by atoms with Crippen molar-refractivity contribution in [3.63, 3.8) is 0 Å². The number of hydrogen-bond acceptors (Lipinski definition) is 8. The van der Waals surface area contributed by atoms with Gasteiger partial charge in [-0.1, -0.05) is 37.3 Å². The minimum absolute atomic E-state index is 0. The quantitative estimate of drug-likeness (QED) is 0.292. The SMILES string of the molecule is CCCOc1ccc2c(c1-c1ccccc1OC)CC(OCC(=O)OC)(C(=O)O)C2c1ccc2c(c1)OCO2.[NaH]. The van der Waals surface area contributed by atoms with Crippen molar-refractivity contribution in [2.45, 2.75) is 31.3 Å². The van der Waals surface area contributed by atoms with Gasteiger partial charge >= 0.3 is 41.5 Å². The molecule has 0 fully saturated rings. The Morgan fingerprint density at radius 3 is 2.52 bits per heavy atom. The van der Waals surface area contributed by atoms with Gasteiger partial charge in [-0.2, -0.15) is 0 Å². The predicted octanol–water partition coefficient (Wildman–Crippen LogP) is 3.93. The summed E-state index contributed by atoms with van der Waals surface area (Å²) in [6.45, 7) is 2.05. The number of carbonyl (C=O) groups excluding carboxylic acids is 1. The molecule has 0 saturated heterocycles. The van der Waals surface area contributed by atoms with Crippen LogP contribution in [0.3, 0.4) is 0 Å². The molecule has 40 heavy (non-hydrogen) atoms. The summed E-state index contributed by atoms with van der Waals surface area (Å²) in [4.78, 5) is 25.3. The van der Waals surface area contributed by atoms with Gasteiger partial charge in [0.1, 0.15) is 18.1 Å². The van der Waals surface area contributed by atoms with Gasteiger partial charge in [-0.05, 0) is 47.4 Å². The first kappa shape index (κ1) is 29.7. The molecule has 1 N–H and O–H groups in total. The maximum atomic E-state index is 13.1. The van der Waals surface area contributed by atoms with Crippen LogP contribution in [0.1, 0.15) is 36.0 Å². The van der Waals surface area contributed by atoms with Crippen LogP contribution in [-0.4, -0.2) is 86.4 Å². The van der Waals surface area contributed by atoms with E-state index in [0.717, 1.165) is 28.7 Å². The summed E-state index contributed by atoms with van der Waals surface area (Å²) < 4.78 is 33.7. The van der Waals surface area contributed by atoms with Crippen LogP contribution in [0, 0.1) is 0 Å². The molecule has 10 heteroatoms. The Balaban J connectivity index is 0.00000370. The minimum atomic E-state index is -1.82. The molecular weight excluding hydrogens is 527 g/mol. The van der Waals surface area contributed by atoms with E-state index in [9.17, 15) is 14.7 Å². The van der Waals surface area contributed by atoms with Crippen LogP contribution >= 0.6 is 0 Å². The van der Waals surface area contributed by atoms with E-state index in [1.165, 1.54) is 7.11 Å². The summed E-state index contributed by atoms with van der Waals surface area (Å²) in [5.74, 6) is -0.334. The average molecular weight is 559 g/mol. The van der Waals surface area contributed by atoms with E-state index in [4.69, 9.17) is 28.4 Å². The fourth-order valence-corrected chi connectivity index (χ4v) is 5.38. The number of methoxy groups -OCH3 is 2. The van der Waals surface area contributed by atoms with Crippen LogP contribution < -0.4 is 18.9 Å². The second-order valence-corrected chi connectivity index (χ2v) is 9.34. The van der Waals surface area contributed by atoms with Gasteiger partial charge in [0.25, 0.3) is 0 Å². The number of hydrogen-bond donors (Lipinski definition) is 1. The third-order valence-corrected chi connectivity index (χ3v) is 7.13. The van der Waals surface area contributed by atoms with E-state index in [1.54, 1.807) is 25.3 Å². The third-order valence-electron chi connectivity index (χ3n) is 7.13. The molecule has 0 amide bonds. The molecule has 206 valence electrons. The molecule has 0 aromatic heterocycles.